The van der Waals surface area contributed by atoms with E-state index in [2.05, 4.69) is 5.32 Å². The first-order chi connectivity index (χ1) is 15.0. The highest BCUT2D eigenvalue weighted by Gasteiger charge is 2.28. The van der Waals surface area contributed by atoms with Gasteiger partial charge < -0.3 is 25.3 Å². The summed E-state index contributed by atoms with van der Waals surface area (Å²) in [6.45, 7) is -0.196. The average Bonchev–Trinajstić information content (AvgIpc) is 3.13. The maximum absolute atomic E-state index is 12.7. The van der Waals surface area contributed by atoms with Crippen LogP contribution in [-0.4, -0.2) is 32.1 Å². The molecule has 0 aliphatic heterocycles. The Hall–Kier alpha value is -3.85. The van der Waals surface area contributed by atoms with Gasteiger partial charge in [-0.1, -0.05) is 30.3 Å². The number of carbonyl (C=O) groups excluding carboxylic acids is 3. The van der Waals surface area contributed by atoms with Crippen LogP contribution in [0.2, 0.25) is 0 Å². The van der Waals surface area contributed by atoms with E-state index in [4.69, 9.17) is 19.9 Å². The average molecular weight is 440 g/mol. The van der Waals surface area contributed by atoms with Crippen LogP contribution in [0.15, 0.2) is 54.6 Å². The molecule has 160 valence electrons. The number of rotatable bonds is 7. The summed E-state index contributed by atoms with van der Waals surface area (Å²) in [5.74, 6) is -1.45. The van der Waals surface area contributed by atoms with Crippen LogP contribution < -0.4 is 15.8 Å². The van der Waals surface area contributed by atoms with E-state index in [0.717, 1.165) is 11.3 Å². The number of nitrogens with one attached hydrogen (secondary N) is 1. The Balaban J connectivity index is 1.89. The van der Waals surface area contributed by atoms with Crippen LogP contribution in [0.3, 0.4) is 0 Å². The van der Waals surface area contributed by atoms with Gasteiger partial charge in [0, 0.05) is 11.3 Å². The monoisotopic (exact) mass is 440 g/mol. The molecule has 2 aromatic carbocycles. The highest BCUT2D eigenvalue weighted by molar-refractivity contribution is 7.18. The number of amides is 1. The van der Waals surface area contributed by atoms with Crippen molar-refractivity contribution in [1.82, 2.24) is 0 Å². The summed E-state index contributed by atoms with van der Waals surface area (Å²) in [7, 11) is 2.44. The summed E-state index contributed by atoms with van der Waals surface area (Å²) in [6.07, 6.45) is 0. The number of methoxy groups -OCH3 is 2. The largest absolute Gasteiger partial charge is 0.488 e. The highest BCUT2D eigenvalue weighted by Crippen LogP contribution is 2.33. The number of nitrogen functional groups attached to an aromatic ring is 1. The first kappa shape index (κ1) is 21.8. The zero-order chi connectivity index (χ0) is 22.4. The molecule has 1 amide bonds. The molecule has 31 heavy (non-hydrogen) atoms. The molecular weight excluding hydrogens is 420 g/mol. The molecule has 1 heterocycles. The van der Waals surface area contributed by atoms with Crippen molar-refractivity contribution in [2.24, 2.45) is 0 Å². The number of hydrogen-bond donors (Lipinski definition) is 2. The van der Waals surface area contributed by atoms with Gasteiger partial charge in [0.2, 0.25) is 0 Å². The van der Waals surface area contributed by atoms with E-state index >= 15 is 0 Å². The molecule has 0 aliphatic carbocycles. The van der Waals surface area contributed by atoms with Crippen molar-refractivity contribution in [2.45, 2.75) is 6.61 Å². The van der Waals surface area contributed by atoms with Crippen LogP contribution in [0.1, 0.15) is 36.0 Å². The molecule has 0 saturated heterocycles. The second kappa shape index (κ2) is 9.77. The van der Waals surface area contributed by atoms with Crippen molar-refractivity contribution in [1.29, 1.82) is 0 Å². The van der Waals surface area contributed by atoms with Gasteiger partial charge in [-0.15, -0.1) is 11.3 Å². The van der Waals surface area contributed by atoms with E-state index in [-0.39, 0.29) is 44.8 Å². The molecule has 3 aromatic rings. The number of anilines is 2. The standard InChI is InChI=1S/C22H20N2O6S/c1-28-21(26)17-15(18(22(27)29-2)31-19(17)23)12-30-16-11-7-6-10-14(16)20(25)24-13-8-4-3-5-9-13/h3-11H,12,23H2,1-2H3,(H,24,25). The van der Waals surface area contributed by atoms with Gasteiger partial charge in [0.05, 0.1) is 19.8 Å². The predicted molar refractivity (Wildman–Crippen MR) is 117 cm³/mol. The van der Waals surface area contributed by atoms with Crippen molar-refractivity contribution >= 4 is 39.9 Å². The number of benzene rings is 2. The van der Waals surface area contributed by atoms with Gasteiger partial charge in [-0.05, 0) is 24.3 Å². The molecule has 1 aromatic heterocycles. The molecule has 0 bridgehead atoms. The summed E-state index contributed by atoms with van der Waals surface area (Å²) in [4.78, 5) is 37.2. The number of ether oxygens (including phenoxy) is 3. The van der Waals surface area contributed by atoms with E-state index in [1.54, 1.807) is 36.4 Å². The lowest BCUT2D eigenvalue weighted by molar-refractivity contribution is 0.0598. The zero-order valence-electron chi connectivity index (χ0n) is 16.8. The molecule has 8 nitrogen and oxygen atoms in total. The van der Waals surface area contributed by atoms with Gasteiger partial charge in [0.1, 0.15) is 27.8 Å². The second-order valence-corrected chi connectivity index (χ2v) is 7.29. The summed E-state index contributed by atoms with van der Waals surface area (Å²) in [6, 6.07) is 15.6. The highest BCUT2D eigenvalue weighted by atomic mass is 32.1. The van der Waals surface area contributed by atoms with Crippen LogP contribution in [0.4, 0.5) is 10.7 Å². The maximum Gasteiger partial charge on any atom is 0.348 e. The summed E-state index contributed by atoms with van der Waals surface area (Å²) in [5, 5.41) is 2.91. The van der Waals surface area contributed by atoms with E-state index in [1.807, 2.05) is 18.2 Å². The second-order valence-electron chi connectivity index (χ2n) is 6.24. The molecule has 0 spiro atoms. The molecule has 0 saturated carbocycles. The Kier molecular flexibility index (Phi) is 6.88. The van der Waals surface area contributed by atoms with Crippen molar-refractivity contribution in [3.8, 4) is 5.75 Å². The Morgan fingerprint density at radius 3 is 2.26 bits per heavy atom. The molecule has 0 atom stereocenters. The van der Waals surface area contributed by atoms with E-state index in [9.17, 15) is 14.4 Å². The third-order valence-electron chi connectivity index (χ3n) is 4.33. The number of hydrogen-bond acceptors (Lipinski definition) is 8. The molecule has 9 heteroatoms. The summed E-state index contributed by atoms with van der Waals surface area (Å²) < 4.78 is 15.4. The van der Waals surface area contributed by atoms with Crippen molar-refractivity contribution in [2.75, 3.05) is 25.3 Å². The number of para-hydroxylation sites is 2. The smallest absolute Gasteiger partial charge is 0.348 e. The van der Waals surface area contributed by atoms with Crippen LogP contribution in [-0.2, 0) is 16.1 Å². The minimum Gasteiger partial charge on any atom is -0.488 e. The number of esters is 2. The Bertz CT molecular complexity index is 1110. The molecule has 0 aliphatic rings. The summed E-state index contributed by atoms with van der Waals surface area (Å²) >= 11 is 0.908. The molecule has 0 radical (unpaired) electrons. The molecule has 0 unspecified atom stereocenters. The lowest BCUT2D eigenvalue weighted by atomic mass is 10.1. The SMILES string of the molecule is COC(=O)c1sc(N)c(C(=O)OC)c1COc1ccccc1C(=O)Nc1ccccc1. The molecular formula is C22H20N2O6S. The van der Waals surface area contributed by atoms with Gasteiger partial charge in [-0.2, -0.15) is 0 Å². The third kappa shape index (κ3) is 4.84. The Morgan fingerprint density at radius 1 is 0.935 bits per heavy atom. The van der Waals surface area contributed by atoms with Crippen molar-refractivity contribution in [3.05, 3.63) is 76.2 Å². The molecule has 3 rings (SSSR count). The lowest BCUT2D eigenvalue weighted by Gasteiger charge is -2.13. The topological polar surface area (TPSA) is 117 Å². The normalized spacial score (nSPS) is 10.3. The van der Waals surface area contributed by atoms with Gasteiger partial charge in [0.25, 0.3) is 5.91 Å². The Labute approximate surface area is 182 Å². The van der Waals surface area contributed by atoms with Gasteiger partial charge in [-0.3, -0.25) is 4.79 Å². The first-order valence-electron chi connectivity index (χ1n) is 9.12. The number of thiophene rings is 1. The quantitative estimate of drug-likeness (QED) is 0.538. The van der Waals surface area contributed by atoms with Crippen LogP contribution in [0.25, 0.3) is 0 Å². The van der Waals surface area contributed by atoms with Crippen LogP contribution >= 0.6 is 11.3 Å². The maximum atomic E-state index is 12.7. The van der Waals surface area contributed by atoms with Crippen molar-refractivity contribution in [3.63, 3.8) is 0 Å². The first-order valence-corrected chi connectivity index (χ1v) is 9.93. The van der Waals surface area contributed by atoms with E-state index in [0.29, 0.717) is 5.69 Å². The van der Waals surface area contributed by atoms with Crippen LogP contribution in [0, 0.1) is 0 Å². The van der Waals surface area contributed by atoms with Gasteiger partial charge >= 0.3 is 11.9 Å². The lowest BCUT2D eigenvalue weighted by Crippen LogP contribution is -2.15. The minimum absolute atomic E-state index is 0.0409. The van der Waals surface area contributed by atoms with Gasteiger partial charge in [0.15, 0.2) is 0 Å². The van der Waals surface area contributed by atoms with E-state index in [1.165, 1.54) is 14.2 Å². The predicted octanol–water partition coefficient (Wildman–Crippen LogP) is 3.73. The number of nitrogens with two attached hydrogens (primary N) is 1. The summed E-state index contributed by atoms with van der Waals surface area (Å²) in [5.41, 5.74) is 7.13. The zero-order valence-corrected chi connectivity index (χ0v) is 17.7. The number of carbonyl (C=O) groups is 3. The fourth-order valence-electron chi connectivity index (χ4n) is 2.86. The van der Waals surface area contributed by atoms with Gasteiger partial charge in [-0.25, -0.2) is 9.59 Å². The minimum atomic E-state index is -0.697. The fraction of sp³-hybridized carbons (Fsp3) is 0.136. The Morgan fingerprint density at radius 2 is 1.58 bits per heavy atom. The van der Waals surface area contributed by atoms with Crippen LogP contribution in [0.5, 0.6) is 5.75 Å². The third-order valence-corrected chi connectivity index (χ3v) is 5.37. The molecule has 3 N–H and O–H groups in total. The van der Waals surface area contributed by atoms with Crippen molar-refractivity contribution < 1.29 is 28.6 Å². The molecule has 0 fully saturated rings. The fourth-order valence-corrected chi connectivity index (χ4v) is 3.84. The van der Waals surface area contributed by atoms with E-state index < -0.39 is 11.9 Å².